The number of hydrogen-bond donors (Lipinski definition) is 0. The van der Waals surface area contributed by atoms with Gasteiger partial charge in [-0.15, -0.1) is 0 Å². The molecule has 2 aromatic carbocycles. The van der Waals surface area contributed by atoms with Crippen molar-refractivity contribution in [2.75, 3.05) is 0 Å². The molecule has 0 N–H and O–H groups in total. The molecule has 0 aliphatic heterocycles. The number of rotatable bonds is 7. The third-order valence-corrected chi connectivity index (χ3v) is 3.63. The minimum atomic E-state index is 1.22. The van der Waals surface area contributed by atoms with Crippen molar-refractivity contribution in [3.05, 3.63) is 60.2 Å². The second kappa shape index (κ2) is 7.78. The Balaban J connectivity index is 1.85. The lowest BCUT2D eigenvalue weighted by Gasteiger charge is -2.05. The van der Waals surface area contributed by atoms with Gasteiger partial charge in [0.1, 0.15) is 0 Å². The van der Waals surface area contributed by atoms with E-state index in [1.807, 2.05) is 0 Å². The van der Waals surface area contributed by atoms with E-state index in [9.17, 15) is 0 Å². The Bertz CT molecular complexity index is 453. The standard InChI is InChI=1S/C19H24/c1-2-3-4-5-7-10-17-13-15-19(16-14-17)18-11-8-6-9-12-18/h6,8-9,11-16H,2-5,7,10H2,1H3. The van der Waals surface area contributed by atoms with Gasteiger partial charge in [0, 0.05) is 0 Å². The summed E-state index contributed by atoms with van der Waals surface area (Å²) < 4.78 is 0. The summed E-state index contributed by atoms with van der Waals surface area (Å²) in [4.78, 5) is 0. The number of benzene rings is 2. The van der Waals surface area contributed by atoms with Gasteiger partial charge >= 0.3 is 0 Å². The Morgan fingerprint density at radius 2 is 1.26 bits per heavy atom. The zero-order chi connectivity index (χ0) is 13.3. The maximum atomic E-state index is 2.28. The first-order valence-electron chi connectivity index (χ1n) is 7.54. The lowest BCUT2D eigenvalue weighted by atomic mass is 10.0. The summed E-state index contributed by atoms with van der Waals surface area (Å²) in [6.45, 7) is 2.27. The van der Waals surface area contributed by atoms with Crippen LogP contribution in [0.3, 0.4) is 0 Å². The largest absolute Gasteiger partial charge is 0.0654 e. The second-order valence-corrected chi connectivity index (χ2v) is 5.23. The van der Waals surface area contributed by atoms with E-state index in [1.165, 1.54) is 55.2 Å². The molecule has 0 amide bonds. The molecule has 0 radical (unpaired) electrons. The highest BCUT2D eigenvalue weighted by Gasteiger charge is 1.97. The van der Waals surface area contributed by atoms with Crippen LogP contribution in [0.1, 0.15) is 44.6 Å². The molecule has 19 heavy (non-hydrogen) atoms. The van der Waals surface area contributed by atoms with Gasteiger partial charge in [-0.05, 0) is 29.5 Å². The van der Waals surface area contributed by atoms with Gasteiger partial charge in [0.05, 0.1) is 0 Å². The zero-order valence-corrected chi connectivity index (χ0v) is 11.9. The molecule has 2 rings (SSSR count). The summed E-state index contributed by atoms with van der Waals surface area (Å²) in [5, 5.41) is 0. The van der Waals surface area contributed by atoms with Gasteiger partial charge in [-0.1, -0.05) is 87.2 Å². The minimum Gasteiger partial charge on any atom is -0.0654 e. The molecule has 0 heterocycles. The third kappa shape index (κ3) is 4.55. The average Bonchev–Trinajstić information content (AvgIpc) is 2.49. The molecular formula is C19H24. The van der Waals surface area contributed by atoms with Crippen LogP contribution < -0.4 is 0 Å². The predicted molar refractivity (Wildman–Crippen MR) is 84.3 cm³/mol. The molecule has 0 bridgehead atoms. The van der Waals surface area contributed by atoms with Crippen molar-refractivity contribution in [3.63, 3.8) is 0 Å². The predicted octanol–water partition coefficient (Wildman–Crippen LogP) is 5.87. The minimum absolute atomic E-state index is 1.22. The van der Waals surface area contributed by atoms with Crippen molar-refractivity contribution in [3.8, 4) is 11.1 Å². The Morgan fingerprint density at radius 3 is 1.95 bits per heavy atom. The maximum Gasteiger partial charge on any atom is -0.0184 e. The lowest BCUT2D eigenvalue weighted by molar-refractivity contribution is 0.632. The number of aryl methyl sites for hydroxylation is 1. The van der Waals surface area contributed by atoms with Crippen LogP contribution in [-0.2, 0) is 6.42 Å². The molecule has 0 spiro atoms. The molecule has 0 unspecified atom stereocenters. The van der Waals surface area contributed by atoms with Crippen LogP contribution in [-0.4, -0.2) is 0 Å². The highest BCUT2D eigenvalue weighted by atomic mass is 14.0. The summed E-state index contributed by atoms with van der Waals surface area (Å²) in [7, 11) is 0. The van der Waals surface area contributed by atoms with Crippen LogP contribution in [0.5, 0.6) is 0 Å². The Hall–Kier alpha value is -1.56. The van der Waals surface area contributed by atoms with Crippen molar-refractivity contribution < 1.29 is 0 Å². The highest BCUT2D eigenvalue weighted by Crippen LogP contribution is 2.20. The van der Waals surface area contributed by atoms with Crippen molar-refractivity contribution in [1.29, 1.82) is 0 Å². The monoisotopic (exact) mass is 252 g/mol. The molecule has 0 aromatic heterocycles. The smallest absolute Gasteiger partial charge is 0.0184 e. The third-order valence-electron chi connectivity index (χ3n) is 3.63. The quantitative estimate of drug-likeness (QED) is 0.541. The lowest BCUT2D eigenvalue weighted by Crippen LogP contribution is -1.86. The van der Waals surface area contributed by atoms with Gasteiger partial charge in [0.15, 0.2) is 0 Å². The first-order valence-corrected chi connectivity index (χ1v) is 7.54. The maximum absolute atomic E-state index is 2.28. The van der Waals surface area contributed by atoms with E-state index in [0.717, 1.165) is 0 Å². The summed E-state index contributed by atoms with van der Waals surface area (Å²) in [6.07, 6.45) is 8.01. The van der Waals surface area contributed by atoms with Crippen molar-refractivity contribution in [2.45, 2.75) is 45.4 Å². The van der Waals surface area contributed by atoms with Gasteiger partial charge in [0.25, 0.3) is 0 Å². The molecule has 0 atom stereocenters. The van der Waals surface area contributed by atoms with Crippen molar-refractivity contribution in [1.82, 2.24) is 0 Å². The Kier molecular flexibility index (Phi) is 5.68. The van der Waals surface area contributed by atoms with Crippen LogP contribution >= 0.6 is 0 Å². The van der Waals surface area contributed by atoms with Crippen LogP contribution in [0.4, 0.5) is 0 Å². The van der Waals surface area contributed by atoms with Gasteiger partial charge in [0.2, 0.25) is 0 Å². The van der Waals surface area contributed by atoms with Crippen molar-refractivity contribution in [2.24, 2.45) is 0 Å². The van der Waals surface area contributed by atoms with E-state index in [2.05, 4.69) is 61.5 Å². The fourth-order valence-electron chi connectivity index (χ4n) is 2.43. The molecule has 0 aliphatic rings. The molecule has 0 aliphatic carbocycles. The second-order valence-electron chi connectivity index (χ2n) is 5.23. The number of hydrogen-bond acceptors (Lipinski definition) is 0. The SMILES string of the molecule is CCCCCCCc1ccc(-c2ccccc2)cc1. The van der Waals surface area contributed by atoms with E-state index in [-0.39, 0.29) is 0 Å². The Morgan fingerprint density at radius 1 is 0.632 bits per heavy atom. The topological polar surface area (TPSA) is 0 Å². The average molecular weight is 252 g/mol. The molecule has 0 saturated carbocycles. The van der Waals surface area contributed by atoms with Crippen LogP contribution in [0.2, 0.25) is 0 Å². The molecular weight excluding hydrogens is 228 g/mol. The number of unbranched alkanes of at least 4 members (excludes halogenated alkanes) is 4. The van der Waals surface area contributed by atoms with E-state index >= 15 is 0 Å². The van der Waals surface area contributed by atoms with Crippen LogP contribution in [0.25, 0.3) is 11.1 Å². The van der Waals surface area contributed by atoms with E-state index in [1.54, 1.807) is 0 Å². The summed E-state index contributed by atoms with van der Waals surface area (Å²) in [5.74, 6) is 0. The molecule has 0 fully saturated rings. The molecule has 100 valence electrons. The first kappa shape index (κ1) is 13.9. The highest BCUT2D eigenvalue weighted by molar-refractivity contribution is 5.63. The summed E-state index contributed by atoms with van der Waals surface area (Å²) >= 11 is 0. The van der Waals surface area contributed by atoms with Gasteiger partial charge in [-0.2, -0.15) is 0 Å². The molecule has 0 nitrogen and oxygen atoms in total. The van der Waals surface area contributed by atoms with E-state index in [0.29, 0.717) is 0 Å². The molecule has 0 saturated heterocycles. The van der Waals surface area contributed by atoms with Gasteiger partial charge in [-0.3, -0.25) is 0 Å². The fourth-order valence-corrected chi connectivity index (χ4v) is 2.43. The molecule has 0 heteroatoms. The Labute approximate surface area is 117 Å². The zero-order valence-electron chi connectivity index (χ0n) is 11.9. The molecule has 2 aromatic rings. The van der Waals surface area contributed by atoms with Gasteiger partial charge in [-0.25, -0.2) is 0 Å². The fraction of sp³-hybridized carbons (Fsp3) is 0.368. The van der Waals surface area contributed by atoms with Gasteiger partial charge < -0.3 is 0 Å². The van der Waals surface area contributed by atoms with Crippen LogP contribution in [0.15, 0.2) is 54.6 Å². The summed E-state index contributed by atoms with van der Waals surface area (Å²) in [6, 6.07) is 19.6. The normalized spacial score (nSPS) is 10.6. The first-order chi connectivity index (χ1) is 9.40. The summed E-state index contributed by atoms with van der Waals surface area (Å²) in [5.41, 5.74) is 4.09. The van der Waals surface area contributed by atoms with Crippen molar-refractivity contribution >= 4 is 0 Å². The van der Waals surface area contributed by atoms with E-state index in [4.69, 9.17) is 0 Å². The van der Waals surface area contributed by atoms with E-state index < -0.39 is 0 Å². The van der Waals surface area contributed by atoms with Crippen LogP contribution in [0, 0.1) is 0 Å².